The molecule has 2 aromatic rings. The van der Waals surface area contributed by atoms with E-state index in [1.807, 2.05) is 38.1 Å². The third-order valence-electron chi connectivity index (χ3n) is 4.02. The number of rotatable bonds is 5. The van der Waals surface area contributed by atoms with Crippen LogP contribution in [0.4, 0.5) is 0 Å². The second-order valence-corrected chi connectivity index (χ2v) is 8.46. The average molecular weight is 405 g/mol. The van der Waals surface area contributed by atoms with Crippen molar-refractivity contribution in [3.05, 3.63) is 63.1 Å². The first-order chi connectivity index (χ1) is 11.6. The van der Waals surface area contributed by atoms with Crippen LogP contribution < -0.4 is 4.74 Å². The van der Waals surface area contributed by atoms with E-state index in [0.29, 0.717) is 0 Å². The average Bonchev–Trinajstić information content (AvgIpc) is 2.50. The van der Waals surface area contributed by atoms with Crippen LogP contribution in [0.1, 0.15) is 60.3 Å². The predicted octanol–water partition coefficient (Wildman–Crippen LogP) is 6.32. The third-order valence-corrected chi connectivity index (χ3v) is 5.27. The minimum absolute atomic E-state index is 0.0790. The van der Waals surface area contributed by atoms with Crippen LogP contribution in [-0.4, -0.2) is 11.1 Å². The van der Waals surface area contributed by atoms with Gasteiger partial charge in [-0.1, -0.05) is 48.8 Å². The van der Waals surface area contributed by atoms with Crippen LogP contribution in [0.5, 0.6) is 5.75 Å². The molecule has 25 heavy (non-hydrogen) atoms. The molecule has 0 saturated carbocycles. The molecule has 134 valence electrons. The van der Waals surface area contributed by atoms with Gasteiger partial charge in [-0.25, -0.2) is 4.79 Å². The highest BCUT2D eigenvalue weighted by molar-refractivity contribution is 9.10. The minimum Gasteiger partial charge on any atom is -0.486 e. The summed E-state index contributed by atoms with van der Waals surface area (Å²) < 4.78 is 7.42. The van der Waals surface area contributed by atoms with Crippen LogP contribution in [0.3, 0.4) is 0 Å². The van der Waals surface area contributed by atoms with E-state index < -0.39 is 5.97 Å². The Balaban J connectivity index is 2.34. The SMILES string of the molecule is Cc1cc(OC(CC(C)(C)C)c2ccc(C(=O)O)cc2)cc(C)c1Br. The number of halogens is 1. The van der Waals surface area contributed by atoms with Crippen molar-refractivity contribution in [1.82, 2.24) is 0 Å². The Labute approximate surface area is 158 Å². The van der Waals surface area contributed by atoms with Crippen LogP contribution in [0, 0.1) is 19.3 Å². The number of carbonyl (C=O) groups is 1. The van der Waals surface area contributed by atoms with Gasteiger partial charge in [0.2, 0.25) is 0 Å². The summed E-state index contributed by atoms with van der Waals surface area (Å²) in [5.74, 6) is -0.0891. The lowest BCUT2D eigenvalue weighted by Gasteiger charge is -2.27. The summed E-state index contributed by atoms with van der Waals surface area (Å²) in [5.41, 5.74) is 3.61. The lowest BCUT2D eigenvalue weighted by Crippen LogP contribution is -2.17. The molecule has 0 aromatic heterocycles. The monoisotopic (exact) mass is 404 g/mol. The quantitative estimate of drug-likeness (QED) is 0.633. The van der Waals surface area contributed by atoms with Crippen molar-refractivity contribution in [2.24, 2.45) is 5.41 Å². The molecule has 3 nitrogen and oxygen atoms in total. The van der Waals surface area contributed by atoms with Gasteiger partial charge in [-0.15, -0.1) is 0 Å². The molecule has 1 unspecified atom stereocenters. The molecule has 2 rings (SSSR count). The van der Waals surface area contributed by atoms with Gasteiger partial charge in [-0.3, -0.25) is 0 Å². The second-order valence-electron chi connectivity index (χ2n) is 7.67. The molecule has 0 radical (unpaired) electrons. The van der Waals surface area contributed by atoms with Gasteiger partial charge >= 0.3 is 5.97 Å². The first-order valence-electron chi connectivity index (χ1n) is 8.33. The zero-order valence-electron chi connectivity index (χ0n) is 15.4. The van der Waals surface area contributed by atoms with Crippen molar-refractivity contribution in [1.29, 1.82) is 0 Å². The van der Waals surface area contributed by atoms with Crippen LogP contribution in [0.2, 0.25) is 0 Å². The smallest absolute Gasteiger partial charge is 0.335 e. The first kappa shape index (κ1) is 19.5. The Morgan fingerprint density at radius 3 is 2.08 bits per heavy atom. The molecule has 1 atom stereocenters. The van der Waals surface area contributed by atoms with Crippen LogP contribution >= 0.6 is 15.9 Å². The summed E-state index contributed by atoms with van der Waals surface area (Å²) >= 11 is 3.58. The van der Waals surface area contributed by atoms with E-state index in [9.17, 15) is 4.79 Å². The molecule has 0 amide bonds. The number of benzene rings is 2. The van der Waals surface area contributed by atoms with Gasteiger partial charge in [0.25, 0.3) is 0 Å². The third kappa shape index (κ3) is 5.33. The summed E-state index contributed by atoms with van der Waals surface area (Å²) in [6, 6.07) is 11.0. The lowest BCUT2D eigenvalue weighted by molar-refractivity contribution is 0.0696. The van der Waals surface area contributed by atoms with Crippen molar-refractivity contribution in [3.63, 3.8) is 0 Å². The maximum atomic E-state index is 11.1. The maximum Gasteiger partial charge on any atom is 0.335 e. The van der Waals surface area contributed by atoms with Crippen molar-refractivity contribution in [3.8, 4) is 5.75 Å². The molecule has 0 aliphatic heterocycles. The highest BCUT2D eigenvalue weighted by Gasteiger charge is 2.22. The Morgan fingerprint density at radius 1 is 1.12 bits per heavy atom. The normalized spacial score (nSPS) is 12.7. The predicted molar refractivity (Wildman–Crippen MR) is 104 cm³/mol. The molecule has 0 bridgehead atoms. The largest absolute Gasteiger partial charge is 0.486 e. The van der Waals surface area contributed by atoms with E-state index in [2.05, 4.69) is 36.7 Å². The Kier molecular flexibility index (Phi) is 5.94. The summed E-state index contributed by atoms with van der Waals surface area (Å²) in [6.45, 7) is 10.6. The van der Waals surface area contributed by atoms with Gasteiger partial charge in [0, 0.05) is 4.47 Å². The summed E-state index contributed by atoms with van der Waals surface area (Å²) in [5, 5.41) is 9.09. The maximum absolute atomic E-state index is 11.1. The van der Waals surface area contributed by atoms with Crippen molar-refractivity contribution < 1.29 is 14.6 Å². The summed E-state index contributed by atoms with van der Waals surface area (Å²) in [6.07, 6.45) is 0.691. The topological polar surface area (TPSA) is 46.5 Å². The number of aryl methyl sites for hydroxylation is 2. The molecule has 0 saturated heterocycles. The van der Waals surface area contributed by atoms with E-state index in [1.165, 1.54) is 0 Å². The number of carboxylic acids is 1. The van der Waals surface area contributed by atoms with Gasteiger partial charge in [-0.05, 0) is 66.6 Å². The fourth-order valence-electron chi connectivity index (χ4n) is 2.76. The van der Waals surface area contributed by atoms with Gasteiger partial charge < -0.3 is 9.84 Å². The van der Waals surface area contributed by atoms with Crippen LogP contribution in [0.25, 0.3) is 0 Å². The number of ether oxygens (including phenoxy) is 1. The number of hydrogen-bond donors (Lipinski definition) is 1. The summed E-state index contributed by atoms with van der Waals surface area (Å²) in [7, 11) is 0. The zero-order valence-corrected chi connectivity index (χ0v) is 17.0. The number of carboxylic acid groups (broad SMARTS) is 1. The van der Waals surface area contributed by atoms with E-state index in [1.54, 1.807) is 12.1 Å². The second kappa shape index (κ2) is 7.61. The van der Waals surface area contributed by atoms with E-state index in [0.717, 1.165) is 33.3 Å². The Hall–Kier alpha value is -1.81. The fraction of sp³-hybridized carbons (Fsp3) is 0.381. The minimum atomic E-state index is -0.918. The Bertz CT molecular complexity index is 735. The molecule has 4 heteroatoms. The van der Waals surface area contributed by atoms with Crippen molar-refractivity contribution in [2.75, 3.05) is 0 Å². The fourth-order valence-corrected chi connectivity index (χ4v) is 2.99. The molecular formula is C21H25BrO3. The van der Waals surface area contributed by atoms with Crippen molar-refractivity contribution >= 4 is 21.9 Å². The standard InChI is InChI=1S/C21H25BrO3/c1-13-10-17(11-14(2)19(13)22)25-18(12-21(3,4)5)15-6-8-16(9-7-15)20(23)24/h6-11,18H,12H2,1-5H3,(H,23,24). The van der Waals surface area contributed by atoms with Crippen LogP contribution in [-0.2, 0) is 0 Å². The molecule has 0 spiro atoms. The Morgan fingerprint density at radius 2 is 1.64 bits per heavy atom. The van der Waals surface area contributed by atoms with Gasteiger partial charge in [-0.2, -0.15) is 0 Å². The molecule has 2 aromatic carbocycles. The molecule has 0 aliphatic carbocycles. The lowest BCUT2D eigenvalue weighted by atomic mass is 9.86. The highest BCUT2D eigenvalue weighted by atomic mass is 79.9. The molecule has 0 aliphatic rings. The number of hydrogen-bond acceptors (Lipinski definition) is 2. The molecular weight excluding hydrogens is 380 g/mol. The molecule has 0 fully saturated rings. The van der Waals surface area contributed by atoms with Crippen LogP contribution in [0.15, 0.2) is 40.9 Å². The van der Waals surface area contributed by atoms with Crippen molar-refractivity contribution in [2.45, 2.75) is 47.1 Å². The molecule has 1 N–H and O–H groups in total. The van der Waals surface area contributed by atoms with E-state index in [-0.39, 0.29) is 17.1 Å². The first-order valence-corrected chi connectivity index (χ1v) is 9.13. The zero-order chi connectivity index (χ0) is 18.8. The van der Waals surface area contributed by atoms with Gasteiger partial charge in [0.05, 0.1) is 5.56 Å². The van der Waals surface area contributed by atoms with Gasteiger partial charge in [0.15, 0.2) is 0 Å². The highest BCUT2D eigenvalue weighted by Crippen LogP contribution is 2.35. The van der Waals surface area contributed by atoms with Gasteiger partial charge in [0.1, 0.15) is 11.9 Å². The summed E-state index contributed by atoms with van der Waals surface area (Å²) in [4.78, 5) is 11.1. The molecule has 0 heterocycles. The van der Waals surface area contributed by atoms with E-state index >= 15 is 0 Å². The van der Waals surface area contributed by atoms with E-state index in [4.69, 9.17) is 9.84 Å². The number of aromatic carboxylic acids is 1.